The summed E-state index contributed by atoms with van der Waals surface area (Å²) in [6, 6.07) is 13.1. The van der Waals surface area contributed by atoms with E-state index in [2.05, 4.69) is 22.3 Å². The van der Waals surface area contributed by atoms with Crippen molar-refractivity contribution in [3.63, 3.8) is 0 Å². The molecular formula is C25H32FN3O3S. The number of rotatable bonds is 7. The average Bonchev–Trinajstić information content (AvgIpc) is 2.84. The highest BCUT2D eigenvalue weighted by atomic mass is 32.2. The summed E-state index contributed by atoms with van der Waals surface area (Å²) < 4.78 is 40.4. The van der Waals surface area contributed by atoms with Crippen LogP contribution in [0, 0.1) is 11.7 Å². The molecule has 6 nitrogen and oxygen atoms in total. The van der Waals surface area contributed by atoms with E-state index in [0.717, 1.165) is 37.3 Å². The lowest BCUT2D eigenvalue weighted by Gasteiger charge is -2.31. The Labute approximate surface area is 195 Å². The van der Waals surface area contributed by atoms with Crippen LogP contribution in [-0.4, -0.2) is 49.7 Å². The number of hydrogen-bond acceptors (Lipinski definition) is 4. The minimum atomic E-state index is -3.75. The van der Waals surface area contributed by atoms with Crippen LogP contribution in [0.1, 0.15) is 43.2 Å². The maximum atomic E-state index is 13.2. The largest absolute Gasteiger partial charge is 0.352 e. The van der Waals surface area contributed by atoms with Crippen LogP contribution in [0.3, 0.4) is 0 Å². The summed E-state index contributed by atoms with van der Waals surface area (Å²) in [7, 11) is -3.75. The molecule has 0 saturated carbocycles. The third-order valence-electron chi connectivity index (χ3n) is 6.52. The van der Waals surface area contributed by atoms with Crippen molar-refractivity contribution in [1.29, 1.82) is 0 Å². The van der Waals surface area contributed by atoms with Gasteiger partial charge in [0, 0.05) is 26.2 Å². The molecular weight excluding hydrogens is 441 g/mol. The van der Waals surface area contributed by atoms with Gasteiger partial charge < -0.3 is 5.32 Å². The zero-order valence-corrected chi connectivity index (χ0v) is 19.7. The van der Waals surface area contributed by atoms with Crippen molar-refractivity contribution in [2.45, 2.75) is 50.1 Å². The first-order chi connectivity index (χ1) is 15.9. The van der Waals surface area contributed by atoms with Gasteiger partial charge in [-0.25, -0.2) is 12.8 Å². The van der Waals surface area contributed by atoms with Crippen molar-refractivity contribution < 1.29 is 17.6 Å². The average molecular weight is 474 g/mol. The maximum Gasteiger partial charge on any atom is 0.243 e. The smallest absolute Gasteiger partial charge is 0.243 e. The van der Waals surface area contributed by atoms with E-state index in [-0.39, 0.29) is 17.3 Å². The Balaban J connectivity index is 1.33. The van der Waals surface area contributed by atoms with E-state index in [1.54, 1.807) is 0 Å². The number of piperidine rings is 2. The molecule has 1 N–H and O–H groups in total. The molecule has 2 fully saturated rings. The summed E-state index contributed by atoms with van der Waals surface area (Å²) in [5.41, 5.74) is 2.29. The van der Waals surface area contributed by atoms with Gasteiger partial charge in [0.1, 0.15) is 5.82 Å². The number of hydrogen-bond donors (Lipinski definition) is 1. The molecule has 0 spiro atoms. The Morgan fingerprint density at radius 3 is 2.45 bits per heavy atom. The van der Waals surface area contributed by atoms with Crippen molar-refractivity contribution in [2.24, 2.45) is 5.92 Å². The third kappa shape index (κ3) is 6.19. The summed E-state index contributed by atoms with van der Waals surface area (Å²) in [5, 5.41) is 3.00. The quantitative estimate of drug-likeness (QED) is 0.668. The van der Waals surface area contributed by atoms with E-state index in [1.807, 2.05) is 12.1 Å². The standard InChI is InChI=1S/C25H32FN3O3S/c26-23-9-11-24(12-10-23)33(31,32)29-15-5-8-22(19-29)25(30)27-17-20-6-4-7-21(16-20)18-28-13-2-1-3-14-28/h4,6-7,9-12,16,22H,1-3,5,8,13-15,17-19H2,(H,27,30). The number of nitrogens with one attached hydrogen (secondary N) is 1. The van der Waals surface area contributed by atoms with E-state index in [0.29, 0.717) is 25.9 Å². The van der Waals surface area contributed by atoms with E-state index >= 15 is 0 Å². The molecule has 33 heavy (non-hydrogen) atoms. The molecule has 8 heteroatoms. The molecule has 2 aromatic rings. The zero-order chi connectivity index (χ0) is 23.3. The van der Waals surface area contributed by atoms with Crippen molar-refractivity contribution in [3.8, 4) is 0 Å². The van der Waals surface area contributed by atoms with Crippen LogP contribution in [0.5, 0.6) is 0 Å². The Bertz CT molecular complexity index is 1050. The lowest BCUT2D eigenvalue weighted by Crippen LogP contribution is -2.45. The lowest BCUT2D eigenvalue weighted by atomic mass is 9.98. The van der Waals surface area contributed by atoms with Gasteiger partial charge in [-0.15, -0.1) is 0 Å². The van der Waals surface area contributed by atoms with Crippen LogP contribution < -0.4 is 5.32 Å². The Morgan fingerprint density at radius 1 is 0.970 bits per heavy atom. The number of nitrogens with zero attached hydrogens (tertiary/aromatic N) is 2. The predicted octanol–water partition coefficient (Wildman–Crippen LogP) is 3.53. The molecule has 0 radical (unpaired) electrons. The van der Waals surface area contributed by atoms with E-state index in [1.165, 1.54) is 41.3 Å². The molecule has 2 aliphatic heterocycles. The second-order valence-corrected chi connectivity index (χ2v) is 11.0. The second-order valence-electron chi connectivity index (χ2n) is 9.03. The van der Waals surface area contributed by atoms with Gasteiger partial charge >= 0.3 is 0 Å². The molecule has 2 saturated heterocycles. The highest BCUT2D eigenvalue weighted by molar-refractivity contribution is 7.89. The fourth-order valence-corrected chi connectivity index (χ4v) is 6.20. The topological polar surface area (TPSA) is 69.7 Å². The lowest BCUT2D eigenvalue weighted by molar-refractivity contribution is -0.126. The van der Waals surface area contributed by atoms with Crippen molar-refractivity contribution in [2.75, 3.05) is 26.2 Å². The molecule has 1 atom stereocenters. The number of halogens is 1. The number of likely N-dealkylation sites (tertiary alicyclic amines) is 1. The molecule has 2 heterocycles. The maximum absolute atomic E-state index is 13.2. The van der Waals surface area contributed by atoms with Gasteiger partial charge in [-0.05, 0) is 74.2 Å². The van der Waals surface area contributed by atoms with Crippen LogP contribution in [0.2, 0.25) is 0 Å². The molecule has 1 amide bonds. The number of sulfonamides is 1. The van der Waals surface area contributed by atoms with Crippen LogP contribution >= 0.6 is 0 Å². The minimum absolute atomic E-state index is 0.0514. The number of carbonyl (C=O) groups excluding carboxylic acids is 1. The van der Waals surface area contributed by atoms with Crippen LogP contribution in [0.25, 0.3) is 0 Å². The number of carbonyl (C=O) groups is 1. The summed E-state index contributed by atoms with van der Waals surface area (Å²) in [6.45, 7) is 4.14. The Morgan fingerprint density at radius 2 is 1.70 bits per heavy atom. The molecule has 1 unspecified atom stereocenters. The summed E-state index contributed by atoms with van der Waals surface area (Å²) in [4.78, 5) is 15.4. The normalized spacial score (nSPS) is 20.5. The van der Waals surface area contributed by atoms with Gasteiger partial charge in [0.15, 0.2) is 0 Å². The van der Waals surface area contributed by atoms with E-state index in [9.17, 15) is 17.6 Å². The molecule has 4 rings (SSSR count). The first kappa shape index (κ1) is 23.9. The van der Waals surface area contributed by atoms with Gasteiger partial charge in [0.25, 0.3) is 0 Å². The minimum Gasteiger partial charge on any atom is -0.352 e. The first-order valence-electron chi connectivity index (χ1n) is 11.8. The zero-order valence-electron chi connectivity index (χ0n) is 18.9. The van der Waals surface area contributed by atoms with Gasteiger partial charge in [-0.1, -0.05) is 30.7 Å². The highest BCUT2D eigenvalue weighted by Crippen LogP contribution is 2.24. The molecule has 178 valence electrons. The van der Waals surface area contributed by atoms with Crippen LogP contribution in [-0.2, 0) is 27.9 Å². The van der Waals surface area contributed by atoms with Gasteiger partial charge in [-0.2, -0.15) is 4.31 Å². The van der Waals surface area contributed by atoms with E-state index in [4.69, 9.17) is 0 Å². The molecule has 0 bridgehead atoms. The van der Waals surface area contributed by atoms with Crippen molar-refractivity contribution in [1.82, 2.24) is 14.5 Å². The number of benzene rings is 2. The molecule has 2 aliphatic rings. The summed E-state index contributed by atoms with van der Waals surface area (Å²) in [5.74, 6) is -1.01. The van der Waals surface area contributed by atoms with Crippen molar-refractivity contribution >= 4 is 15.9 Å². The predicted molar refractivity (Wildman–Crippen MR) is 125 cm³/mol. The summed E-state index contributed by atoms with van der Waals surface area (Å²) in [6.07, 6.45) is 5.09. The molecule has 0 aliphatic carbocycles. The van der Waals surface area contributed by atoms with Crippen molar-refractivity contribution in [3.05, 3.63) is 65.5 Å². The SMILES string of the molecule is O=C(NCc1cccc(CN2CCCCC2)c1)C1CCCN(S(=O)(=O)c2ccc(F)cc2)C1. The van der Waals surface area contributed by atoms with Gasteiger partial charge in [-0.3, -0.25) is 9.69 Å². The van der Waals surface area contributed by atoms with E-state index < -0.39 is 21.8 Å². The first-order valence-corrected chi connectivity index (χ1v) is 13.2. The molecule has 0 aromatic heterocycles. The number of amides is 1. The third-order valence-corrected chi connectivity index (χ3v) is 8.40. The highest BCUT2D eigenvalue weighted by Gasteiger charge is 2.33. The Kier molecular flexibility index (Phi) is 7.78. The molecule has 2 aromatic carbocycles. The monoisotopic (exact) mass is 473 g/mol. The van der Waals surface area contributed by atoms with Crippen LogP contribution in [0.15, 0.2) is 53.4 Å². The van der Waals surface area contributed by atoms with Gasteiger partial charge in [0.05, 0.1) is 10.8 Å². The van der Waals surface area contributed by atoms with Crippen LogP contribution in [0.4, 0.5) is 4.39 Å². The fourth-order valence-electron chi connectivity index (χ4n) is 4.68. The Hall–Kier alpha value is -2.29. The summed E-state index contributed by atoms with van der Waals surface area (Å²) >= 11 is 0. The fraction of sp³-hybridized carbons (Fsp3) is 0.480. The van der Waals surface area contributed by atoms with Gasteiger partial charge in [0.2, 0.25) is 15.9 Å². The second kappa shape index (κ2) is 10.8.